The van der Waals surface area contributed by atoms with E-state index in [1.165, 1.54) is 17.3 Å². The first-order valence-corrected chi connectivity index (χ1v) is 13.6. The van der Waals surface area contributed by atoms with Gasteiger partial charge in [0, 0.05) is 42.7 Å². The van der Waals surface area contributed by atoms with Crippen LogP contribution in [-0.4, -0.2) is 52.1 Å². The molecule has 2 amide bonds. The fraction of sp³-hybridized carbons (Fsp3) is 0.147. The lowest BCUT2D eigenvalue weighted by atomic mass is 9.88. The number of fused-ring (bicyclic) bond motifs is 1. The number of para-hydroxylation sites is 1. The van der Waals surface area contributed by atoms with Crippen LogP contribution in [0.1, 0.15) is 44.2 Å². The number of nitrogens with one attached hydrogen (secondary N) is 1. The molecule has 0 atom stereocenters. The van der Waals surface area contributed by atoms with Gasteiger partial charge in [-0.05, 0) is 35.7 Å². The van der Waals surface area contributed by atoms with E-state index in [1.54, 1.807) is 41.3 Å². The molecule has 0 saturated carbocycles. The fourth-order valence-electron chi connectivity index (χ4n) is 5.18. The van der Waals surface area contributed by atoms with Gasteiger partial charge < -0.3 is 15.3 Å². The van der Waals surface area contributed by atoms with E-state index in [4.69, 9.17) is 0 Å². The van der Waals surface area contributed by atoms with E-state index < -0.39 is 6.09 Å². The number of benzene rings is 4. The molecule has 5 aromatic rings. The number of hydrogen-bond donors (Lipinski definition) is 2. The minimum absolute atomic E-state index is 0.0974. The lowest BCUT2D eigenvalue weighted by molar-refractivity contribution is 0.0745. The molecule has 0 saturated heterocycles. The molecule has 0 bridgehead atoms. The molecule has 0 aliphatic carbocycles. The zero-order valence-electron chi connectivity index (χ0n) is 22.5. The molecule has 41 heavy (non-hydrogen) atoms. The highest BCUT2D eigenvalue weighted by molar-refractivity contribution is 6.08. The van der Waals surface area contributed by atoms with Crippen molar-refractivity contribution in [2.45, 2.75) is 12.3 Å². The third-order valence-electron chi connectivity index (χ3n) is 7.23. The van der Waals surface area contributed by atoms with Crippen molar-refractivity contribution in [1.82, 2.24) is 14.8 Å². The van der Waals surface area contributed by atoms with Gasteiger partial charge in [0.15, 0.2) is 0 Å². The number of carbonyl (C=O) groups excluding carboxylic acids is 2. The number of aromatic nitrogens is 1. The predicted molar refractivity (Wildman–Crippen MR) is 159 cm³/mol. The summed E-state index contributed by atoms with van der Waals surface area (Å²) in [6, 6.07) is 36.5. The molecule has 0 aliphatic heterocycles. The number of hydrogen-bond acceptors (Lipinski definition) is 3. The SMILES string of the molecule is O=C(NCCN(CCC(c1ccccc1)c1ccccc1)C(=O)c1ccccc1)c1cn(C(=O)O)c2ccccc12. The standard InChI is InChI=1S/C34H31N3O4/c38-32(30-24-37(34(40)41)31-19-11-10-18-29(30)31)35-21-23-36(33(39)27-16-8-3-9-17-27)22-20-28(25-12-4-1-5-13-25)26-14-6-2-7-15-26/h1-19,24,28H,20-23H2,(H,35,38)(H,40,41). The number of nitrogens with zero attached hydrogens (tertiary/aromatic N) is 2. The van der Waals surface area contributed by atoms with Crippen molar-refractivity contribution in [3.63, 3.8) is 0 Å². The molecule has 0 spiro atoms. The topological polar surface area (TPSA) is 91.6 Å². The first kappa shape index (κ1) is 27.4. The second-order valence-electron chi connectivity index (χ2n) is 9.79. The molecule has 206 valence electrons. The number of carboxylic acid groups (broad SMARTS) is 1. The summed E-state index contributed by atoms with van der Waals surface area (Å²) in [6.07, 6.45) is 0.873. The monoisotopic (exact) mass is 545 g/mol. The number of rotatable bonds is 10. The van der Waals surface area contributed by atoms with Crippen molar-refractivity contribution in [1.29, 1.82) is 0 Å². The largest absolute Gasteiger partial charge is 0.464 e. The smallest absolute Gasteiger partial charge is 0.416 e. The van der Waals surface area contributed by atoms with Gasteiger partial charge in [-0.2, -0.15) is 0 Å². The van der Waals surface area contributed by atoms with E-state index >= 15 is 0 Å². The normalized spacial score (nSPS) is 11.0. The van der Waals surface area contributed by atoms with Crippen LogP contribution in [0.15, 0.2) is 121 Å². The Balaban J connectivity index is 1.33. The van der Waals surface area contributed by atoms with Crippen LogP contribution in [0.25, 0.3) is 10.9 Å². The predicted octanol–water partition coefficient (Wildman–Crippen LogP) is 6.26. The van der Waals surface area contributed by atoms with E-state index in [1.807, 2.05) is 54.6 Å². The van der Waals surface area contributed by atoms with Gasteiger partial charge in [-0.25, -0.2) is 4.79 Å². The lowest BCUT2D eigenvalue weighted by Crippen LogP contribution is -2.39. The molecule has 0 unspecified atom stereocenters. The minimum Gasteiger partial charge on any atom is -0.464 e. The highest BCUT2D eigenvalue weighted by Gasteiger charge is 2.21. The van der Waals surface area contributed by atoms with Crippen molar-refractivity contribution in [3.05, 3.63) is 144 Å². The Kier molecular flexibility index (Phi) is 8.55. The van der Waals surface area contributed by atoms with Gasteiger partial charge in [-0.15, -0.1) is 0 Å². The summed E-state index contributed by atoms with van der Waals surface area (Å²) < 4.78 is 1.04. The van der Waals surface area contributed by atoms with Gasteiger partial charge in [-0.1, -0.05) is 97.1 Å². The number of carbonyl (C=O) groups is 3. The van der Waals surface area contributed by atoms with Crippen LogP contribution < -0.4 is 5.32 Å². The molecule has 1 aromatic heterocycles. The maximum Gasteiger partial charge on any atom is 0.416 e. The second kappa shape index (κ2) is 12.8. The zero-order chi connectivity index (χ0) is 28.6. The van der Waals surface area contributed by atoms with Crippen LogP contribution >= 0.6 is 0 Å². The molecule has 0 aliphatic rings. The summed E-state index contributed by atoms with van der Waals surface area (Å²) in [5.74, 6) is -0.401. The highest BCUT2D eigenvalue weighted by Crippen LogP contribution is 2.28. The van der Waals surface area contributed by atoms with Crippen LogP contribution in [-0.2, 0) is 0 Å². The third kappa shape index (κ3) is 6.36. The van der Waals surface area contributed by atoms with Crippen LogP contribution in [0, 0.1) is 0 Å². The first-order chi connectivity index (χ1) is 20.0. The molecule has 0 radical (unpaired) electrons. The fourth-order valence-corrected chi connectivity index (χ4v) is 5.18. The van der Waals surface area contributed by atoms with E-state index in [-0.39, 0.29) is 29.8 Å². The van der Waals surface area contributed by atoms with Gasteiger partial charge in [0.25, 0.3) is 11.8 Å². The molecule has 2 N–H and O–H groups in total. The van der Waals surface area contributed by atoms with Gasteiger partial charge in [0.05, 0.1) is 11.1 Å². The average Bonchev–Trinajstić information content (AvgIpc) is 3.42. The maximum absolute atomic E-state index is 13.6. The Labute approximate surface area is 238 Å². The quantitative estimate of drug-likeness (QED) is 0.217. The summed E-state index contributed by atoms with van der Waals surface area (Å²) in [5, 5.41) is 13.0. The van der Waals surface area contributed by atoms with Gasteiger partial charge in [0.1, 0.15) is 0 Å². The third-order valence-corrected chi connectivity index (χ3v) is 7.23. The van der Waals surface area contributed by atoms with Crippen molar-refractivity contribution >= 4 is 28.8 Å². The van der Waals surface area contributed by atoms with E-state index in [0.717, 1.165) is 4.57 Å². The van der Waals surface area contributed by atoms with Crippen LogP contribution in [0.2, 0.25) is 0 Å². The molecule has 5 rings (SSSR count). The molecule has 1 heterocycles. The van der Waals surface area contributed by atoms with Crippen molar-refractivity contribution in [2.75, 3.05) is 19.6 Å². The van der Waals surface area contributed by atoms with E-state index in [2.05, 4.69) is 29.6 Å². The van der Waals surface area contributed by atoms with Crippen molar-refractivity contribution in [3.8, 4) is 0 Å². The Morgan fingerprint density at radius 3 is 1.90 bits per heavy atom. The lowest BCUT2D eigenvalue weighted by Gasteiger charge is -2.26. The van der Waals surface area contributed by atoms with Crippen LogP contribution in [0.4, 0.5) is 4.79 Å². The molecule has 4 aromatic carbocycles. The van der Waals surface area contributed by atoms with Crippen LogP contribution in [0.3, 0.4) is 0 Å². The summed E-state index contributed by atoms with van der Waals surface area (Å²) >= 11 is 0. The van der Waals surface area contributed by atoms with E-state index in [9.17, 15) is 19.5 Å². The summed E-state index contributed by atoms with van der Waals surface area (Å²) in [7, 11) is 0. The van der Waals surface area contributed by atoms with Crippen molar-refractivity contribution < 1.29 is 19.5 Å². The Hall–Kier alpha value is -5.17. The summed E-state index contributed by atoms with van der Waals surface area (Å²) in [4.78, 5) is 40.2. The van der Waals surface area contributed by atoms with Gasteiger partial charge >= 0.3 is 6.09 Å². The highest BCUT2D eigenvalue weighted by atomic mass is 16.4. The molecule has 0 fully saturated rings. The zero-order valence-corrected chi connectivity index (χ0v) is 22.5. The first-order valence-electron chi connectivity index (χ1n) is 13.6. The van der Waals surface area contributed by atoms with Crippen LogP contribution in [0.5, 0.6) is 0 Å². The summed E-state index contributed by atoms with van der Waals surface area (Å²) in [5.41, 5.74) is 3.65. The molecular weight excluding hydrogens is 514 g/mol. The maximum atomic E-state index is 13.6. The minimum atomic E-state index is -1.16. The van der Waals surface area contributed by atoms with E-state index in [0.29, 0.717) is 36.0 Å². The second-order valence-corrected chi connectivity index (χ2v) is 9.79. The Bertz CT molecular complexity index is 1590. The summed E-state index contributed by atoms with van der Waals surface area (Å²) in [6.45, 7) is 0.995. The van der Waals surface area contributed by atoms with Crippen molar-refractivity contribution in [2.24, 2.45) is 0 Å². The molecule has 7 heteroatoms. The Morgan fingerprint density at radius 1 is 0.732 bits per heavy atom. The molecular formula is C34H31N3O4. The number of amides is 2. The van der Waals surface area contributed by atoms with Gasteiger partial charge in [-0.3, -0.25) is 14.2 Å². The molecule has 7 nitrogen and oxygen atoms in total. The van der Waals surface area contributed by atoms with Gasteiger partial charge in [0.2, 0.25) is 0 Å². The average molecular weight is 546 g/mol. The Morgan fingerprint density at radius 2 is 1.29 bits per heavy atom.